The molecule has 0 unspecified atom stereocenters. The number of nitrogens with zero attached hydrogens (tertiary/aromatic N) is 5. The average Bonchev–Trinajstić information content (AvgIpc) is 3.35. The second-order valence-electron chi connectivity index (χ2n) is 8.02. The van der Waals surface area contributed by atoms with Gasteiger partial charge in [-0.1, -0.05) is 24.3 Å². The molecule has 4 heterocycles. The van der Waals surface area contributed by atoms with Crippen LogP contribution < -0.4 is 14.8 Å². The van der Waals surface area contributed by atoms with Gasteiger partial charge in [0.15, 0.2) is 11.6 Å². The molecule has 0 spiro atoms. The van der Waals surface area contributed by atoms with E-state index in [-0.39, 0.29) is 0 Å². The fourth-order valence-corrected chi connectivity index (χ4v) is 4.63. The van der Waals surface area contributed by atoms with Crippen LogP contribution in [0.4, 0.5) is 11.5 Å². The number of thiazole rings is 1. The second-order valence-corrected chi connectivity index (χ2v) is 9.26. The van der Waals surface area contributed by atoms with Gasteiger partial charge in [-0.05, 0) is 31.2 Å². The highest BCUT2D eigenvalue weighted by molar-refractivity contribution is 7.15. The van der Waals surface area contributed by atoms with Crippen molar-refractivity contribution < 1.29 is 9.47 Å². The summed E-state index contributed by atoms with van der Waals surface area (Å²) in [6, 6.07) is 19.3. The lowest BCUT2D eigenvalue weighted by molar-refractivity contribution is 0.413. The Bertz CT molecular complexity index is 1700. The number of nitrogens with one attached hydrogen (secondary N) is 1. The summed E-state index contributed by atoms with van der Waals surface area (Å²) >= 11 is 1.61. The Morgan fingerprint density at radius 3 is 2.44 bits per heavy atom. The third-order valence-electron chi connectivity index (χ3n) is 5.61. The minimum absolute atomic E-state index is 0.619. The van der Waals surface area contributed by atoms with E-state index < -0.39 is 0 Å². The number of hydrogen-bond donors (Lipinski definition) is 1. The van der Waals surface area contributed by atoms with E-state index in [1.54, 1.807) is 36.9 Å². The number of ether oxygens (including phenoxy) is 2. The van der Waals surface area contributed by atoms with Crippen molar-refractivity contribution in [2.75, 3.05) is 12.4 Å². The number of fused-ring (bicyclic) bond motifs is 2. The molecule has 0 bridgehead atoms. The maximum Gasteiger partial charge on any atom is 0.161 e. The maximum absolute atomic E-state index is 6.10. The van der Waals surface area contributed by atoms with Crippen molar-refractivity contribution in [3.63, 3.8) is 0 Å². The van der Waals surface area contributed by atoms with Crippen LogP contribution in [0.25, 0.3) is 32.5 Å². The van der Waals surface area contributed by atoms with E-state index in [4.69, 9.17) is 9.47 Å². The van der Waals surface area contributed by atoms with E-state index in [0.29, 0.717) is 34.1 Å². The molecule has 0 atom stereocenters. The molecule has 0 aliphatic carbocycles. The van der Waals surface area contributed by atoms with Crippen molar-refractivity contribution in [1.82, 2.24) is 25.1 Å². The summed E-state index contributed by atoms with van der Waals surface area (Å²) in [5.41, 5.74) is 3.01. The third-order valence-corrected chi connectivity index (χ3v) is 6.53. The zero-order valence-corrected chi connectivity index (χ0v) is 20.3. The Labute approximate surface area is 210 Å². The molecule has 4 aromatic heterocycles. The number of pyridine rings is 2. The molecule has 6 aromatic rings. The molecular formula is C27H20N6O2S. The number of aromatic nitrogens is 5. The molecule has 0 saturated heterocycles. The predicted octanol–water partition coefficient (Wildman–Crippen LogP) is 6.55. The molecule has 0 amide bonds. The maximum atomic E-state index is 6.10. The van der Waals surface area contributed by atoms with Crippen molar-refractivity contribution in [2.45, 2.75) is 6.92 Å². The van der Waals surface area contributed by atoms with Crippen molar-refractivity contribution in [3.8, 4) is 28.0 Å². The van der Waals surface area contributed by atoms with Crippen LogP contribution in [0, 0.1) is 6.92 Å². The van der Waals surface area contributed by atoms with E-state index in [2.05, 4.69) is 30.5 Å². The Hall–Kier alpha value is -4.63. The molecule has 2 aromatic carbocycles. The van der Waals surface area contributed by atoms with Gasteiger partial charge in [0.2, 0.25) is 0 Å². The Morgan fingerprint density at radius 2 is 1.67 bits per heavy atom. The summed E-state index contributed by atoms with van der Waals surface area (Å²) in [5, 5.41) is 15.2. The van der Waals surface area contributed by atoms with Gasteiger partial charge in [0, 0.05) is 45.9 Å². The van der Waals surface area contributed by atoms with Gasteiger partial charge in [0.05, 0.1) is 18.8 Å². The van der Waals surface area contributed by atoms with E-state index in [1.807, 2.05) is 67.7 Å². The first-order valence-corrected chi connectivity index (χ1v) is 12.0. The molecule has 0 fully saturated rings. The summed E-state index contributed by atoms with van der Waals surface area (Å²) in [6.45, 7) is 2.03. The normalized spacial score (nSPS) is 11.1. The molecule has 0 saturated carbocycles. The van der Waals surface area contributed by atoms with Crippen LogP contribution in [0.1, 0.15) is 4.88 Å². The molecule has 0 aliphatic heterocycles. The number of rotatable bonds is 6. The van der Waals surface area contributed by atoms with Crippen LogP contribution in [-0.4, -0.2) is 32.3 Å². The molecule has 8 nitrogen and oxygen atoms in total. The molecule has 1 N–H and O–H groups in total. The highest BCUT2D eigenvalue weighted by Gasteiger charge is 2.14. The van der Waals surface area contributed by atoms with Crippen LogP contribution in [0.2, 0.25) is 0 Å². The third kappa shape index (κ3) is 4.16. The van der Waals surface area contributed by atoms with Gasteiger partial charge in [-0.2, -0.15) is 0 Å². The van der Waals surface area contributed by atoms with Gasteiger partial charge in [-0.15, -0.1) is 21.5 Å². The van der Waals surface area contributed by atoms with E-state index >= 15 is 0 Å². The highest BCUT2D eigenvalue weighted by atomic mass is 32.1. The summed E-state index contributed by atoms with van der Waals surface area (Å²) in [5.74, 6) is 2.62. The van der Waals surface area contributed by atoms with Gasteiger partial charge in [-0.25, -0.2) is 9.97 Å². The van der Waals surface area contributed by atoms with Crippen LogP contribution in [0.3, 0.4) is 0 Å². The average molecular weight is 493 g/mol. The summed E-state index contributed by atoms with van der Waals surface area (Å²) in [7, 11) is 1.60. The van der Waals surface area contributed by atoms with Gasteiger partial charge in [-0.3, -0.25) is 4.98 Å². The highest BCUT2D eigenvalue weighted by Crippen LogP contribution is 2.34. The standard InChI is InChI=1S/C27H20N6O2S/c1-16-14-30-27(36-16)24-20-5-3-4-6-21(20)26(33-32-24)31-17-7-9-18(10-8-17)35-23-11-12-28-22-13-19(34-2)15-29-25(22)23/h3-15H,1-2H3,(H,31,33). The lowest BCUT2D eigenvalue weighted by atomic mass is 10.1. The number of benzene rings is 2. The monoisotopic (exact) mass is 492 g/mol. The second kappa shape index (κ2) is 9.20. The summed E-state index contributed by atoms with van der Waals surface area (Å²) in [6.07, 6.45) is 5.19. The lowest BCUT2D eigenvalue weighted by Gasteiger charge is -2.12. The number of anilines is 2. The lowest BCUT2D eigenvalue weighted by Crippen LogP contribution is -1.99. The molecule has 36 heavy (non-hydrogen) atoms. The van der Waals surface area contributed by atoms with Crippen molar-refractivity contribution in [2.24, 2.45) is 0 Å². The van der Waals surface area contributed by atoms with Crippen molar-refractivity contribution in [3.05, 3.63) is 84.1 Å². The number of hydrogen-bond acceptors (Lipinski definition) is 9. The zero-order valence-electron chi connectivity index (χ0n) is 19.5. The zero-order chi connectivity index (χ0) is 24.5. The van der Waals surface area contributed by atoms with Crippen LogP contribution in [0.5, 0.6) is 17.2 Å². The van der Waals surface area contributed by atoms with Crippen LogP contribution in [-0.2, 0) is 0 Å². The molecule has 0 radical (unpaired) electrons. The fourth-order valence-electron chi connectivity index (χ4n) is 3.87. The first-order valence-electron chi connectivity index (χ1n) is 11.2. The number of aryl methyl sites for hydroxylation is 1. The first-order chi connectivity index (χ1) is 17.7. The fraction of sp³-hybridized carbons (Fsp3) is 0.0741. The quantitative estimate of drug-likeness (QED) is 0.280. The first kappa shape index (κ1) is 21.9. The minimum Gasteiger partial charge on any atom is -0.495 e. The van der Waals surface area contributed by atoms with Gasteiger partial charge >= 0.3 is 0 Å². The van der Waals surface area contributed by atoms with Crippen molar-refractivity contribution in [1.29, 1.82) is 0 Å². The molecule has 6 rings (SSSR count). The van der Waals surface area contributed by atoms with Crippen molar-refractivity contribution >= 4 is 44.6 Å². The minimum atomic E-state index is 0.619. The smallest absolute Gasteiger partial charge is 0.161 e. The molecular weight excluding hydrogens is 472 g/mol. The topological polar surface area (TPSA) is 94.9 Å². The van der Waals surface area contributed by atoms with Gasteiger partial charge in [0.1, 0.15) is 27.7 Å². The predicted molar refractivity (Wildman–Crippen MR) is 141 cm³/mol. The Balaban J connectivity index is 1.26. The SMILES string of the molecule is COc1cnc2c(Oc3ccc(Nc4nnc(-c5ncc(C)s5)c5ccccc45)cc3)ccnc2c1. The molecule has 176 valence electrons. The van der Waals surface area contributed by atoms with Gasteiger partial charge < -0.3 is 14.8 Å². The molecule has 9 heteroatoms. The van der Waals surface area contributed by atoms with Crippen LogP contribution >= 0.6 is 11.3 Å². The van der Waals surface area contributed by atoms with Crippen LogP contribution in [0.15, 0.2) is 79.3 Å². The summed E-state index contributed by atoms with van der Waals surface area (Å²) in [4.78, 5) is 14.4. The van der Waals surface area contributed by atoms with Gasteiger partial charge in [0.25, 0.3) is 0 Å². The van der Waals surface area contributed by atoms with E-state index in [0.717, 1.165) is 32.0 Å². The largest absolute Gasteiger partial charge is 0.495 e. The van der Waals surface area contributed by atoms with E-state index in [1.165, 1.54) is 0 Å². The number of methoxy groups -OCH3 is 1. The molecule has 0 aliphatic rings. The Kier molecular flexibility index (Phi) is 5.59. The Morgan fingerprint density at radius 1 is 0.833 bits per heavy atom. The van der Waals surface area contributed by atoms with E-state index in [9.17, 15) is 0 Å². The summed E-state index contributed by atoms with van der Waals surface area (Å²) < 4.78 is 11.3.